The first-order valence-electron chi connectivity index (χ1n) is 7.06. The van der Waals surface area contributed by atoms with E-state index in [4.69, 9.17) is 11.1 Å². The molecule has 1 atom stereocenters. The zero-order valence-electron chi connectivity index (χ0n) is 12.2. The molecule has 1 saturated heterocycles. The van der Waals surface area contributed by atoms with Crippen LogP contribution in [0.4, 0.5) is 5.69 Å². The average molecular weight is 310 g/mol. The zero-order chi connectivity index (χ0) is 15.5. The van der Waals surface area contributed by atoms with Gasteiger partial charge < -0.3 is 5.73 Å². The molecule has 0 amide bonds. The van der Waals surface area contributed by atoms with E-state index in [-0.39, 0.29) is 5.84 Å². The number of rotatable bonds is 5. The summed E-state index contributed by atoms with van der Waals surface area (Å²) in [6.45, 7) is 3.21. The molecule has 1 aliphatic rings. The summed E-state index contributed by atoms with van der Waals surface area (Å²) < 4.78 is 28.8. The van der Waals surface area contributed by atoms with Crippen molar-refractivity contribution in [2.75, 3.05) is 17.8 Å². The molecule has 116 valence electrons. The Morgan fingerprint density at radius 3 is 2.67 bits per heavy atom. The Kier molecular flexibility index (Phi) is 4.84. The highest BCUT2D eigenvalue weighted by atomic mass is 32.2. The third kappa shape index (κ3) is 4.44. The van der Waals surface area contributed by atoms with E-state index in [1.807, 2.05) is 0 Å². The van der Waals surface area contributed by atoms with Crippen molar-refractivity contribution in [1.82, 2.24) is 4.31 Å². The Labute approximate surface area is 126 Å². The first kappa shape index (κ1) is 15.8. The summed E-state index contributed by atoms with van der Waals surface area (Å²) in [5.41, 5.74) is 6.75. The van der Waals surface area contributed by atoms with Crippen molar-refractivity contribution in [2.24, 2.45) is 11.7 Å². The van der Waals surface area contributed by atoms with Crippen molar-refractivity contribution < 1.29 is 8.42 Å². The van der Waals surface area contributed by atoms with Gasteiger partial charge in [0, 0.05) is 25.2 Å². The van der Waals surface area contributed by atoms with E-state index in [1.165, 1.54) is 4.31 Å². The number of piperidine rings is 1. The summed E-state index contributed by atoms with van der Waals surface area (Å²) in [5.74, 6) is 0.485. The van der Waals surface area contributed by atoms with Gasteiger partial charge in [0.2, 0.25) is 0 Å². The van der Waals surface area contributed by atoms with E-state index in [9.17, 15) is 8.42 Å². The average Bonchev–Trinajstić information content (AvgIpc) is 2.40. The van der Waals surface area contributed by atoms with Gasteiger partial charge in [0.25, 0.3) is 0 Å². The first-order chi connectivity index (χ1) is 9.87. The summed E-state index contributed by atoms with van der Waals surface area (Å²) in [6, 6.07) is 6.95. The van der Waals surface area contributed by atoms with Crippen molar-refractivity contribution >= 4 is 21.7 Å². The molecule has 0 radical (unpaired) electrons. The van der Waals surface area contributed by atoms with Gasteiger partial charge in [-0.05, 0) is 36.5 Å². The van der Waals surface area contributed by atoms with Gasteiger partial charge in [0.05, 0.1) is 5.84 Å². The lowest BCUT2D eigenvalue weighted by atomic mass is 10.0. The monoisotopic (exact) mass is 310 g/mol. The molecule has 21 heavy (non-hydrogen) atoms. The molecule has 1 unspecified atom stereocenters. The van der Waals surface area contributed by atoms with Crippen LogP contribution in [0.2, 0.25) is 0 Å². The minimum atomic E-state index is -3.49. The number of hydrogen-bond acceptors (Lipinski definition) is 3. The largest absolute Gasteiger partial charge is 0.387 e. The van der Waals surface area contributed by atoms with Crippen LogP contribution in [0.15, 0.2) is 24.3 Å². The number of nitrogens with zero attached hydrogens (tertiary/aromatic N) is 1. The standard InChI is InChI=1S/C14H22N4O2S/c1-11-3-2-8-18(10-11)21(19,20)17-13-6-4-12(5-7-13)9-14(15)16/h4-7,11,17H,2-3,8-10H2,1H3,(H3,15,16). The van der Waals surface area contributed by atoms with Gasteiger partial charge in [0.15, 0.2) is 0 Å². The Morgan fingerprint density at radius 2 is 2.10 bits per heavy atom. The van der Waals surface area contributed by atoms with E-state index in [1.54, 1.807) is 24.3 Å². The van der Waals surface area contributed by atoms with Crippen LogP contribution in [-0.2, 0) is 16.6 Å². The maximum Gasteiger partial charge on any atom is 0.301 e. The van der Waals surface area contributed by atoms with Crippen molar-refractivity contribution in [1.29, 1.82) is 5.41 Å². The molecule has 0 aromatic heterocycles. The smallest absolute Gasteiger partial charge is 0.301 e. The van der Waals surface area contributed by atoms with Gasteiger partial charge in [-0.2, -0.15) is 12.7 Å². The van der Waals surface area contributed by atoms with Crippen LogP contribution in [0.25, 0.3) is 0 Å². The Hall–Kier alpha value is -1.60. The number of nitrogens with one attached hydrogen (secondary N) is 2. The fourth-order valence-electron chi connectivity index (χ4n) is 2.49. The fourth-order valence-corrected chi connectivity index (χ4v) is 3.87. The molecule has 1 fully saturated rings. The number of amidine groups is 1. The Bertz CT molecular complexity index is 598. The topological polar surface area (TPSA) is 99.3 Å². The molecule has 1 aliphatic heterocycles. The molecule has 1 aromatic rings. The van der Waals surface area contributed by atoms with Crippen LogP contribution in [0.3, 0.4) is 0 Å². The van der Waals surface area contributed by atoms with Crippen molar-refractivity contribution in [3.8, 4) is 0 Å². The molecule has 1 aromatic carbocycles. The molecule has 0 bridgehead atoms. The highest BCUT2D eigenvalue weighted by molar-refractivity contribution is 7.90. The molecule has 1 heterocycles. The van der Waals surface area contributed by atoms with Crippen LogP contribution in [0, 0.1) is 11.3 Å². The highest BCUT2D eigenvalue weighted by Gasteiger charge is 2.26. The highest BCUT2D eigenvalue weighted by Crippen LogP contribution is 2.20. The quantitative estimate of drug-likeness (QED) is 0.568. The summed E-state index contributed by atoms with van der Waals surface area (Å²) in [5, 5.41) is 7.24. The normalized spacial score (nSPS) is 20.1. The predicted molar refractivity (Wildman–Crippen MR) is 84.6 cm³/mol. The van der Waals surface area contributed by atoms with Crippen LogP contribution in [0.5, 0.6) is 0 Å². The fraction of sp³-hybridized carbons (Fsp3) is 0.500. The van der Waals surface area contributed by atoms with Gasteiger partial charge in [-0.15, -0.1) is 0 Å². The summed E-state index contributed by atoms with van der Waals surface area (Å²) in [6.07, 6.45) is 2.35. The van der Waals surface area contributed by atoms with Crippen LogP contribution in [0.1, 0.15) is 25.3 Å². The zero-order valence-corrected chi connectivity index (χ0v) is 13.0. The second-order valence-electron chi connectivity index (χ2n) is 5.61. The van der Waals surface area contributed by atoms with Gasteiger partial charge in [-0.25, -0.2) is 0 Å². The predicted octanol–water partition coefficient (Wildman–Crippen LogP) is 1.55. The maximum atomic E-state index is 12.3. The second-order valence-corrected chi connectivity index (χ2v) is 7.28. The van der Waals surface area contributed by atoms with Crippen LogP contribution in [-0.4, -0.2) is 31.6 Å². The van der Waals surface area contributed by atoms with E-state index in [0.717, 1.165) is 18.4 Å². The molecule has 2 rings (SSSR count). The van der Waals surface area contributed by atoms with Gasteiger partial charge >= 0.3 is 10.2 Å². The van der Waals surface area contributed by atoms with Crippen LogP contribution < -0.4 is 10.5 Å². The minimum absolute atomic E-state index is 0.0886. The first-order valence-corrected chi connectivity index (χ1v) is 8.50. The number of anilines is 1. The van der Waals surface area contributed by atoms with Crippen LogP contribution >= 0.6 is 0 Å². The summed E-state index contributed by atoms with van der Waals surface area (Å²) in [7, 11) is -3.49. The van der Waals surface area contributed by atoms with Gasteiger partial charge in [-0.1, -0.05) is 19.1 Å². The molecular formula is C14H22N4O2S. The van der Waals surface area contributed by atoms with Crippen molar-refractivity contribution in [2.45, 2.75) is 26.2 Å². The molecule has 4 N–H and O–H groups in total. The molecule has 0 aliphatic carbocycles. The molecule has 6 nitrogen and oxygen atoms in total. The SMILES string of the molecule is CC1CCCN(S(=O)(=O)Nc2ccc(CC(=N)N)cc2)C1. The van der Waals surface area contributed by atoms with E-state index in [0.29, 0.717) is 31.1 Å². The lowest BCUT2D eigenvalue weighted by Crippen LogP contribution is -2.42. The number of benzene rings is 1. The summed E-state index contributed by atoms with van der Waals surface area (Å²) in [4.78, 5) is 0. The Morgan fingerprint density at radius 1 is 1.43 bits per heavy atom. The van der Waals surface area contributed by atoms with E-state index < -0.39 is 10.2 Å². The molecule has 7 heteroatoms. The van der Waals surface area contributed by atoms with Gasteiger partial charge in [-0.3, -0.25) is 10.1 Å². The van der Waals surface area contributed by atoms with Crippen molar-refractivity contribution in [3.63, 3.8) is 0 Å². The maximum absolute atomic E-state index is 12.3. The minimum Gasteiger partial charge on any atom is -0.387 e. The second kappa shape index (κ2) is 6.44. The van der Waals surface area contributed by atoms with E-state index >= 15 is 0 Å². The van der Waals surface area contributed by atoms with Crippen molar-refractivity contribution in [3.05, 3.63) is 29.8 Å². The lowest BCUT2D eigenvalue weighted by Gasteiger charge is -2.30. The Balaban J connectivity index is 2.04. The third-order valence-electron chi connectivity index (χ3n) is 3.56. The third-order valence-corrected chi connectivity index (χ3v) is 5.06. The molecular weight excluding hydrogens is 288 g/mol. The molecule has 0 spiro atoms. The van der Waals surface area contributed by atoms with E-state index in [2.05, 4.69) is 11.6 Å². The van der Waals surface area contributed by atoms with Gasteiger partial charge in [0.1, 0.15) is 0 Å². The number of nitrogens with two attached hydrogens (primary N) is 1. The number of hydrogen-bond donors (Lipinski definition) is 3. The molecule has 0 saturated carbocycles. The lowest BCUT2D eigenvalue weighted by molar-refractivity contribution is 0.282. The summed E-state index contributed by atoms with van der Waals surface area (Å²) >= 11 is 0.